The van der Waals surface area contributed by atoms with E-state index in [1.54, 1.807) is 30.6 Å². The van der Waals surface area contributed by atoms with Crippen LogP contribution in [0.5, 0.6) is 0 Å². The number of carbonyl (C=O) groups excluding carboxylic acids is 1. The first-order valence-electron chi connectivity index (χ1n) is 4.17. The van der Waals surface area contributed by atoms with Crippen molar-refractivity contribution >= 4 is 33.3 Å². The molecule has 5 heteroatoms. The number of hydrogen-bond donors (Lipinski definition) is 1. The third-order valence-corrected chi connectivity index (χ3v) is 2.63. The lowest BCUT2D eigenvalue weighted by molar-refractivity contribution is 0.103. The molecule has 0 bridgehead atoms. The maximum atomic E-state index is 11.9. The van der Waals surface area contributed by atoms with Gasteiger partial charge in [-0.15, -0.1) is 0 Å². The van der Waals surface area contributed by atoms with Gasteiger partial charge in [0.25, 0.3) is 0 Å². The molecule has 0 aliphatic rings. The standard InChI is InChI=1S/C10H6BrClN2O/c11-6-4-7(10(12)14-5-6)9(15)8-2-1-3-13-8/h1-5,13H. The monoisotopic (exact) mass is 284 g/mol. The van der Waals surface area contributed by atoms with Crippen LogP contribution in [0.25, 0.3) is 0 Å². The van der Waals surface area contributed by atoms with Gasteiger partial charge in [-0.05, 0) is 34.1 Å². The summed E-state index contributed by atoms with van der Waals surface area (Å²) < 4.78 is 0.724. The van der Waals surface area contributed by atoms with Crippen LogP contribution >= 0.6 is 27.5 Å². The third kappa shape index (κ3) is 2.11. The van der Waals surface area contributed by atoms with Gasteiger partial charge < -0.3 is 4.98 Å². The summed E-state index contributed by atoms with van der Waals surface area (Å²) in [5, 5.41) is 0.206. The van der Waals surface area contributed by atoms with Crippen LogP contribution in [0.2, 0.25) is 5.15 Å². The van der Waals surface area contributed by atoms with Crippen molar-refractivity contribution in [3.05, 3.63) is 51.5 Å². The zero-order valence-electron chi connectivity index (χ0n) is 7.50. The van der Waals surface area contributed by atoms with E-state index in [2.05, 4.69) is 25.9 Å². The van der Waals surface area contributed by atoms with Crippen molar-refractivity contribution in [3.8, 4) is 0 Å². The molecular formula is C10H6BrClN2O. The first-order chi connectivity index (χ1) is 7.18. The van der Waals surface area contributed by atoms with Gasteiger partial charge in [-0.2, -0.15) is 0 Å². The summed E-state index contributed by atoms with van der Waals surface area (Å²) >= 11 is 9.09. The Labute approximate surface area is 99.6 Å². The summed E-state index contributed by atoms with van der Waals surface area (Å²) in [6.45, 7) is 0. The second-order valence-electron chi connectivity index (χ2n) is 2.90. The minimum Gasteiger partial charge on any atom is -0.359 e. The molecule has 0 amide bonds. The lowest BCUT2D eigenvalue weighted by Crippen LogP contribution is -2.03. The van der Waals surface area contributed by atoms with E-state index < -0.39 is 0 Å². The molecule has 0 aromatic carbocycles. The van der Waals surface area contributed by atoms with Crippen molar-refractivity contribution in [3.63, 3.8) is 0 Å². The third-order valence-electron chi connectivity index (χ3n) is 1.89. The van der Waals surface area contributed by atoms with Gasteiger partial charge in [0.2, 0.25) is 5.78 Å². The van der Waals surface area contributed by atoms with Gasteiger partial charge in [-0.3, -0.25) is 4.79 Å². The number of halogens is 2. The average molecular weight is 286 g/mol. The number of pyridine rings is 1. The van der Waals surface area contributed by atoms with Crippen LogP contribution < -0.4 is 0 Å². The highest BCUT2D eigenvalue weighted by Gasteiger charge is 2.14. The Morgan fingerprint density at radius 1 is 1.53 bits per heavy atom. The molecule has 0 atom stereocenters. The van der Waals surface area contributed by atoms with Crippen molar-refractivity contribution in [1.82, 2.24) is 9.97 Å². The maximum absolute atomic E-state index is 11.9. The summed E-state index contributed by atoms with van der Waals surface area (Å²) in [5.41, 5.74) is 0.880. The van der Waals surface area contributed by atoms with Gasteiger partial charge >= 0.3 is 0 Å². The van der Waals surface area contributed by atoms with Crippen molar-refractivity contribution in [1.29, 1.82) is 0 Å². The number of nitrogens with zero attached hydrogens (tertiary/aromatic N) is 1. The Morgan fingerprint density at radius 3 is 3.00 bits per heavy atom. The Hall–Kier alpha value is -1.13. The van der Waals surface area contributed by atoms with Gasteiger partial charge in [0, 0.05) is 16.9 Å². The van der Waals surface area contributed by atoms with Crippen molar-refractivity contribution in [2.24, 2.45) is 0 Å². The smallest absolute Gasteiger partial charge is 0.212 e. The second kappa shape index (κ2) is 4.16. The number of hydrogen-bond acceptors (Lipinski definition) is 2. The second-order valence-corrected chi connectivity index (χ2v) is 4.18. The molecule has 0 spiro atoms. The van der Waals surface area contributed by atoms with E-state index in [0.29, 0.717) is 11.3 Å². The summed E-state index contributed by atoms with van der Waals surface area (Å²) in [7, 11) is 0. The van der Waals surface area contributed by atoms with E-state index in [1.165, 1.54) is 0 Å². The normalized spacial score (nSPS) is 10.3. The number of ketones is 1. The van der Waals surface area contributed by atoms with Gasteiger partial charge in [-0.25, -0.2) is 4.98 Å². The van der Waals surface area contributed by atoms with Gasteiger partial charge in [-0.1, -0.05) is 11.6 Å². The minimum absolute atomic E-state index is 0.168. The predicted molar refractivity (Wildman–Crippen MR) is 61.2 cm³/mol. The van der Waals surface area contributed by atoms with E-state index in [1.807, 2.05) is 0 Å². The Kier molecular flexibility index (Phi) is 2.88. The Morgan fingerprint density at radius 2 is 2.33 bits per heavy atom. The number of carbonyl (C=O) groups is 1. The largest absolute Gasteiger partial charge is 0.359 e. The quantitative estimate of drug-likeness (QED) is 0.681. The van der Waals surface area contributed by atoms with Crippen molar-refractivity contribution in [2.45, 2.75) is 0 Å². The molecule has 2 rings (SSSR count). The van der Waals surface area contributed by atoms with E-state index in [-0.39, 0.29) is 10.9 Å². The number of aromatic nitrogens is 2. The molecule has 0 radical (unpaired) electrons. The summed E-state index contributed by atoms with van der Waals surface area (Å²) in [6.07, 6.45) is 3.24. The average Bonchev–Trinajstić information content (AvgIpc) is 2.74. The molecule has 2 aromatic heterocycles. The molecule has 2 heterocycles. The number of aromatic amines is 1. The van der Waals surface area contributed by atoms with Crippen LogP contribution in [-0.4, -0.2) is 15.8 Å². The van der Waals surface area contributed by atoms with Gasteiger partial charge in [0.15, 0.2) is 0 Å². The predicted octanol–water partition coefficient (Wildman–Crippen LogP) is 3.06. The lowest BCUT2D eigenvalue weighted by atomic mass is 10.1. The fourth-order valence-corrected chi connectivity index (χ4v) is 1.72. The topological polar surface area (TPSA) is 45.8 Å². The number of H-pyrrole nitrogens is 1. The van der Waals surface area contributed by atoms with E-state index in [4.69, 9.17) is 11.6 Å². The van der Waals surface area contributed by atoms with E-state index in [0.717, 1.165) is 4.47 Å². The summed E-state index contributed by atoms with van der Waals surface area (Å²) in [5.74, 6) is -0.168. The number of nitrogens with one attached hydrogen (secondary N) is 1. The molecule has 0 fully saturated rings. The molecule has 0 unspecified atom stereocenters. The van der Waals surface area contributed by atoms with Crippen LogP contribution in [0.15, 0.2) is 35.1 Å². The van der Waals surface area contributed by atoms with Crippen molar-refractivity contribution < 1.29 is 4.79 Å². The van der Waals surface area contributed by atoms with Gasteiger partial charge in [0.1, 0.15) is 5.15 Å². The van der Waals surface area contributed by atoms with Crippen LogP contribution in [0.4, 0.5) is 0 Å². The molecule has 3 nitrogen and oxygen atoms in total. The number of rotatable bonds is 2. The zero-order chi connectivity index (χ0) is 10.8. The molecule has 76 valence electrons. The fraction of sp³-hybridized carbons (Fsp3) is 0. The molecule has 0 saturated carbocycles. The molecule has 0 aliphatic carbocycles. The molecule has 15 heavy (non-hydrogen) atoms. The maximum Gasteiger partial charge on any atom is 0.212 e. The van der Waals surface area contributed by atoms with Gasteiger partial charge in [0.05, 0.1) is 11.3 Å². The Bertz CT molecular complexity index is 496. The summed E-state index contributed by atoms with van der Waals surface area (Å²) in [4.78, 5) is 18.6. The SMILES string of the molecule is O=C(c1ccc[nH]1)c1cc(Br)cnc1Cl. The summed E-state index contributed by atoms with van der Waals surface area (Å²) in [6, 6.07) is 5.10. The van der Waals surface area contributed by atoms with Crippen LogP contribution in [0.1, 0.15) is 16.1 Å². The van der Waals surface area contributed by atoms with Crippen LogP contribution in [0.3, 0.4) is 0 Å². The fourth-order valence-electron chi connectivity index (χ4n) is 1.20. The molecule has 0 aliphatic heterocycles. The Balaban J connectivity index is 2.46. The highest BCUT2D eigenvalue weighted by atomic mass is 79.9. The minimum atomic E-state index is -0.168. The molecular weight excluding hydrogens is 279 g/mol. The molecule has 1 N–H and O–H groups in total. The van der Waals surface area contributed by atoms with Crippen molar-refractivity contribution in [2.75, 3.05) is 0 Å². The van der Waals surface area contributed by atoms with E-state index >= 15 is 0 Å². The zero-order valence-corrected chi connectivity index (χ0v) is 9.84. The highest BCUT2D eigenvalue weighted by Crippen LogP contribution is 2.20. The highest BCUT2D eigenvalue weighted by molar-refractivity contribution is 9.10. The molecule has 2 aromatic rings. The van der Waals surface area contributed by atoms with E-state index in [9.17, 15) is 4.79 Å². The first-order valence-corrected chi connectivity index (χ1v) is 5.34. The van der Waals surface area contributed by atoms with Crippen LogP contribution in [-0.2, 0) is 0 Å². The van der Waals surface area contributed by atoms with Crippen LogP contribution in [0, 0.1) is 0 Å². The molecule has 0 saturated heterocycles. The lowest BCUT2D eigenvalue weighted by Gasteiger charge is -2.01. The first kappa shape index (κ1) is 10.4.